The molecule has 4 nitrogen and oxygen atoms in total. The molecule has 1 aromatic heterocycles. The maximum atomic E-state index is 10.8. The average molecular weight is 203 g/mol. The first-order valence-electron chi connectivity index (χ1n) is 4.38. The molecule has 0 spiro atoms. The maximum Gasteiger partial charge on any atom is 0.335 e. The van der Waals surface area contributed by atoms with Crippen molar-refractivity contribution >= 4 is 16.9 Å². The number of carboxylic acid groups (broad SMARTS) is 1. The predicted octanol–water partition coefficient (Wildman–Crippen LogP) is 1.94. The van der Waals surface area contributed by atoms with Gasteiger partial charge in [-0.05, 0) is 24.3 Å². The number of methoxy groups -OCH3 is 1. The van der Waals surface area contributed by atoms with E-state index in [0.29, 0.717) is 11.3 Å². The second-order valence-electron chi connectivity index (χ2n) is 3.05. The van der Waals surface area contributed by atoms with Gasteiger partial charge in [0.2, 0.25) is 0 Å². The summed E-state index contributed by atoms with van der Waals surface area (Å²) in [6, 6.07) is 6.64. The summed E-state index contributed by atoms with van der Waals surface area (Å²) in [7, 11) is 1.51. The zero-order valence-corrected chi connectivity index (χ0v) is 8.10. The van der Waals surface area contributed by atoms with Crippen molar-refractivity contribution in [2.45, 2.75) is 0 Å². The largest absolute Gasteiger partial charge is 0.496 e. The molecule has 0 unspecified atom stereocenters. The predicted molar refractivity (Wildman–Crippen MR) is 55.3 cm³/mol. The molecule has 2 aromatic rings. The van der Waals surface area contributed by atoms with Crippen molar-refractivity contribution in [2.75, 3.05) is 7.11 Å². The van der Waals surface area contributed by atoms with E-state index in [2.05, 4.69) is 4.98 Å². The number of carbonyl (C=O) groups is 1. The van der Waals surface area contributed by atoms with E-state index in [1.165, 1.54) is 19.2 Å². The van der Waals surface area contributed by atoms with Crippen LogP contribution in [-0.2, 0) is 0 Å². The highest BCUT2D eigenvalue weighted by Gasteiger charge is 2.09. The summed E-state index contributed by atoms with van der Waals surface area (Å²) in [5.41, 5.74) is 0.798. The number of ether oxygens (including phenoxy) is 1. The number of aromatic carboxylic acids is 1. The highest BCUT2D eigenvalue weighted by Crippen LogP contribution is 2.25. The SMILES string of the molecule is COc1cc(C(=O)O)cc2ncccc12. The van der Waals surface area contributed by atoms with E-state index in [1.807, 2.05) is 6.07 Å². The number of rotatable bonds is 2. The monoisotopic (exact) mass is 203 g/mol. The lowest BCUT2D eigenvalue weighted by Crippen LogP contribution is -1.98. The number of pyridine rings is 1. The standard InChI is InChI=1S/C11H9NO3/c1-15-10-6-7(11(13)14)5-9-8(10)3-2-4-12-9/h2-6H,1H3,(H,13,14). The smallest absolute Gasteiger partial charge is 0.335 e. The van der Waals surface area contributed by atoms with Crippen LogP contribution in [0, 0.1) is 0 Å². The van der Waals surface area contributed by atoms with Crippen molar-refractivity contribution in [3.8, 4) is 5.75 Å². The van der Waals surface area contributed by atoms with Crippen molar-refractivity contribution in [3.63, 3.8) is 0 Å². The van der Waals surface area contributed by atoms with Crippen LogP contribution in [0.5, 0.6) is 5.75 Å². The van der Waals surface area contributed by atoms with Gasteiger partial charge in [0.05, 0.1) is 18.2 Å². The van der Waals surface area contributed by atoms with Crippen LogP contribution in [0.2, 0.25) is 0 Å². The molecule has 0 radical (unpaired) electrons. The number of nitrogens with zero attached hydrogens (tertiary/aromatic N) is 1. The Balaban J connectivity index is 2.77. The van der Waals surface area contributed by atoms with Crippen molar-refractivity contribution in [2.24, 2.45) is 0 Å². The second kappa shape index (κ2) is 3.57. The Morgan fingerprint density at radius 3 is 2.93 bits per heavy atom. The van der Waals surface area contributed by atoms with Crippen molar-refractivity contribution in [1.82, 2.24) is 4.98 Å². The number of benzene rings is 1. The van der Waals surface area contributed by atoms with Crippen LogP contribution in [0.1, 0.15) is 10.4 Å². The third kappa shape index (κ3) is 1.61. The van der Waals surface area contributed by atoms with E-state index in [9.17, 15) is 4.79 Å². The number of carboxylic acids is 1. The Bertz CT molecular complexity index is 522. The van der Waals surface area contributed by atoms with E-state index in [0.717, 1.165) is 5.39 Å². The van der Waals surface area contributed by atoms with Crippen LogP contribution in [0.15, 0.2) is 30.5 Å². The van der Waals surface area contributed by atoms with Crippen LogP contribution in [-0.4, -0.2) is 23.2 Å². The van der Waals surface area contributed by atoms with Gasteiger partial charge in [-0.15, -0.1) is 0 Å². The van der Waals surface area contributed by atoms with Gasteiger partial charge in [0.15, 0.2) is 0 Å². The van der Waals surface area contributed by atoms with Crippen molar-refractivity contribution in [3.05, 3.63) is 36.0 Å². The fourth-order valence-electron chi connectivity index (χ4n) is 1.44. The quantitative estimate of drug-likeness (QED) is 0.810. The Labute approximate surface area is 86.1 Å². The van der Waals surface area contributed by atoms with Gasteiger partial charge in [-0.1, -0.05) is 0 Å². The summed E-state index contributed by atoms with van der Waals surface area (Å²) in [5, 5.41) is 9.69. The number of hydrogen-bond donors (Lipinski definition) is 1. The summed E-state index contributed by atoms with van der Waals surface area (Å²) in [5.74, 6) is -0.459. The summed E-state index contributed by atoms with van der Waals surface area (Å²) in [4.78, 5) is 14.9. The van der Waals surface area contributed by atoms with Crippen LogP contribution < -0.4 is 4.74 Å². The lowest BCUT2D eigenvalue weighted by Gasteiger charge is -2.05. The first kappa shape index (κ1) is 9.45. The average Bonchev–Trinajstić information content (AvgIpc) is 2.27. The van der Waals surface area contributed by atoms with E-state index in [4.69, 9.17) is 9.84 Å². The lowest BCUT2D eigenvalue weighted by molar-refractivity contribution is 0.0696. The fraction of sp³-hybridized carbons (Fsp3) is 0.0909. The molecule has 1 N–H and O–H groups in total. The Hall–Kier alpha value is -2.10. The third-order valence-electron chi connectivity index (χ3n) is 2.15. The zero-order chi connectivity index (χ0) is 10.8. The molecule has 0 aliphatic heterocycles. The van der Waals surface area contributed by atoms with E-state index in [1.54, 1.807) is 12.3 Å². The van der Waals surface area contributed by atoms with E-state index >= 15 is 0 Å². The molecule has 1 aromatic carbocycles. The number of aromatic nitrogens is 1. The highest BCUT2D eigenvalue weighted by molar-refractivity contribution is 5.96. The molecule has 0 saturated carbocycles. The first-order valence-corrected chi connectivity index (χ1v) is 4.38. The molecular formula is C11H9NO3. The van der Waals surface area contributed by atoms with Crippen LogP contribution in [0.3, 0.4) is 0 Å². The molecule has 1 heterocycles. The van der Waals surface area contributed by atoms with Gasteiger partial charge in [0.25, 0.3) is 0 Å². The van der Waals surface area contributed by atoms with Gasteiger partial charge in [-0.2, -0.15) is 0 Å². The highest BCUT2D eigenvalue weighted by atomic mass is 16.5. The summed E-state index contributed by atoms with van der Waals surface area (Å²) >= 11 is 0. The molecule has 15 heavy (non-hydrogen) atoms. The maximum absolute atomic E-state index is 10.8. The fourth-order valence-corrected chi connectivity index (χ4v) is 1.44. The number of hydrogen-bond acceptors (Lipinski definition) is 3. The molecule has 4 heteroatoms. The normalized spacial score (nSPS) is 10.2. The zero-order valence-electron chi connectivity index (χ0n) is 8.10. The number of fused-ring (bicyclic) bond motifs is 1. The molecule has 0 aliphatic carbocycles. The van der Waals surface area contributed by atoms with E-state index < -0.39 is 5.97 Å². The summed E-state index contributed by atoms with van der Waals surface area (Å²) in [6.45, 7) is 0. The minimum Gasteiger partial charge on any atom is -0.496 e. The second-order valence-corrected chi connectivity index (χ2v) is 3.05. The van der Waals surface area contributed by atoms with Gasteiger partial charge < -0.3 is 9.84 Å². The molecule has 0 bridgehead atoms. The summed E-state index contributed by atoms with van der Waals surface area (Å²) < 4.78 is 5.11. The Morgan fingerprint density at radius 1 is 1.47 bits per heavy atom. The molecule has 0 amide bonds. The Kier molecular flexibility index (Phi) is 2.25. The topological polar surface area (TPSA) is 59.4 Å². The summed E-state index contributed by atoms with van der Waals surface area (Å²) in [6.07, 6.45) is 1.62. The molecule has 0 fully saturated rings. The van der Waals surface area contributed by atoms with Crippen LogP contribution in [0.4, 0.5) is 0 Å². The molecule has 76 valence electrons. The van der Waals surface area contributed by atoms with Gasteiger partial charge in [0.1, 0.15) is 5.75 Å². The van der Waals surface area contributed by atoms with Gasteiger partial charge in [-0.3, -0.25) is 4.98 Å². The van der Waals surface area contributed by atoms with Crippen molar-refractivity contribution in [1.29, 1.82) is 0 Å². The first-order chi connectivity index (χ1) is 7.22. The Morgan fingerprint density at radius 2 is 2.27 bits per heavy atom. The van der Waals surface area contributed by atoms with Crippen LogP contribution >= 0.6 is 0 Å². The van der Waals surface area contributed by atoms with Crippen molar-refractivity contribution < 1.29 is 14.6 Å². The molecule has 2 rings (SSSR count). The van der Waals surface area contributed by atoms with Crippen LogP contribution in [0.25, 0.3) is 10.9 Å². The van der Waals surface area contributed by atoms with E-state index in [-0.39, 0.29) is 5.56 Å². The minimum absolute atomic E-state index is 0.179. The molecular weight excluding hydrogens is 194 g/mol. The lowest BCUT2D eigenvalue weighted by atomic mass is 10.1. The van der Waals surface area contributed by atoms with Gasteiger partial charge in [-0.25, -0.2) is 4.79 Å². The van der Waals surface area contributed by atoms with Gasteiger partial charge >= 0.3 is 5.97 Å². The molecule has 0 aliphatic rings. The molecule has 0 atom stereocenters. The van der Waals surface area contributed by atoms with Gasteiger partial charge in [0, 0.05) is 11.6 Å². The molecule has 0 saturated heterocycles. The minimum atomic E-state index is -0.985. The third-order valence-corrected chi connectivity index (χ3v) is 2.15.